The third kappa shape index (κ3) is 5.02. The molecular weight excluding hydrogens is 340 g/mol. The van der Waals surface area contributed by atoms with Crippen molar-refractivity contribution >= 4 is 29.3 Å². The maximum atomic E-state index is 12.2. The highest BCUT2D eigenvalue weighted by Gasteiger charge is 2.15. The van der Waals surface area contributed by atoms with E-state index in [-0.39, 0.29) is 22.5 Å². The van der Waals surface area contributed by atoms with Crippen LogP contribution >= 0.6 is 11.8 Å². The molecule has 8 heteroatoms. The molecule has 0 saturated carbocycles. The first-order valence-electron chi connectivity index (χ1n) is 7.58. The van der Waals surface area contributed by atoms with E-state index >= 15 is 0 Å². The van der Waals surface area contributed by atoms with Crippen molar-refractivity contribution < 1.29 is 14.7 Å². The van der Waals surface area contributed by atoms with Gasteiger partial charge in [0.2, 0.25) is 0 Å². The van der Waals surface area contributed by atoms with E-state index in [0.29, 0.717) is 0 Å². The summed E-state index contributed by atoms with van der Waals surface area (Å²) in [6, 6.07) is 5.88. The van der Waals surface area contributed by atoms with E-state index in [2.05, 4.69) is 22.2 Å². The number of anilines is 1. The van der Waals surface area contributed by atoms with Crippen LogP contribution in [0.3, 0.4) is 0 Å². The van der Waals surface area contributed by atoms with Crippen LogP contribution in [-0.2, 0) is 0 Å². The van der Waals surface area contributed by atoms with Gasteiger partial charge in [-0.05, 0) is 30.4 Å². The minimum atomic E-state index is -1.24. The molecule has 0 spiro atoms. The van der Waals surface area contributed by atoms with Gasteiger partial charge in [-0.15, -0.1) is 11.8 Å². The second-order valence-electron chi connectivity index (χ2n) is 5.07. The van der Waals surface area contributed by atoms with E-state index in [0.717, 1.165) is 23.6 Å². The molecule has 0 saturated heterocycles. The number of carbonyl (C=O) groups is 2. The molecule has 0 radical (unpaired) electrons. The van der Waals surface area contributed by atoms with Gasteiger partial charge in [-0.25, -0.2) is 14.8 Å². The summed E-state index contributed by atoms with van der Waals surface area (Å²) in [6.07, 6.45) is 5.04. The molecule has 0 unspecified atom stereocenters. The summed E-state index contributed by atoms with van der Waals surface area (Å²) in [5, 5.41) is 21.3. The van der Waals surface area contributed by atoms with Crippen molar-refractivity contribution in [2.24, 2.45) is 0 Å². The van der Waals surface area contributed by atoms with Gasteiger partial charge < -0.3 is 10.4 Å². The lowest BCUT2D eigenvalue weighted by atomic mass is 10.1. The zero-order chi connectivity index (χ0) is 18.2. The SMILES string of the molecule is CCCCSc1cnc(C(=O)Nc2ccc(C#N)cc2C(=O)O)cn1. The zero-order valence-electron chi connectivity index (χ0n) is 13.5. The third-order valence-corrected chi connectivity index (χ3v) is 4.24. The first-order valence-corrected chi connectivity index (χ1v) is 8.57. The molecule has 1 aromatic carbocycles. The van der Waals surface area contributed by atoms with E-state index in [1.165, 1.54) is 30.6 Å². The number of nitriles is 1. The summed E-state index contributed by atoms with van der Waals surface area (Å²) in [7, 11) is 0. The number of nitrogens with zero attached hydrogens (tertiary/aromatic N) is 3. The van der Waals surface area contributed by atoms with Gasteiger partial charge in [0.25, 0.3) is 5.91 Å². The lowest BCUT2D eigenvalue weighted by Gasteiger charge is -2.08. The van der Waals surface area contributed by atoms with E-state index in [1.807, 2.05) is 6.07 Å². The maximum Gasteiger partial charge on any atom is 0.337 e. The topological polar surface area (TPSA) is 116 Å². The predicted octanol–water partition coefficient (Wildman–Crippen LogP) is 3.19. The van der Waals surface area contributed by atoms with E-state index < -0.39 is 11.9 Å². The number of aromatic nitrogens is 2. The Hall–Kier alpha value is -2.92. The molecule has 0 atom stereocenters. The molecule has 2 N–H and O–H groups in total. The Bertz CT molecular complexity index is 816. The molecule has 1 heterocycles. The van der Waals surface area contributed by atoms with Crippen molar-refractivity contribution in [1.29, 1.82) is 5.26 Å². The lowest BCUT2D eigenvalue weighted by Crippen LogP contribution is -2.16. The standard InChI is InChI=1S/C17H16N4O3S/c1-2-3-6-25-15-10-19-14(9-20-15)16(22)21-13-5-4-11(8-18)7-12(13)17(23)24/h4-5,7,9-10H,2-3,6H2,1H3,(H,21,22)(H,23,24). The minimum Gasteiger partial charge on any atom is -0.478 e. The van der Waals surface area contributed by atoms with Gasteiger partial charge in [0.05, 0.1) is 35.3 Å². The summed E-state index contributed by atoms with van der Waals surface area (Å²) in [4.78, 5) is 31.8. The predicted molar refractivity (Wildman–Crippen MR) is 93.7 cm³/mol. The average molecular weight is 356 g/mol. The second-order valence-corrected chi connectivity index (χ2v) is 6.19. The number of hydrogen-bond donors (Lipinski definition) is 2. The van der Waals surface area contributed by atoms with Crippen LogP contribution in [-0.4, -0.2) is 32.7 Å². The van der Waals surface area contributed by atoms with Gasteiger partial charge in [-0.1, -0.05) is 13.3 Å². The normalized spacial score (nSPS) is 10.1. The summed E-state index contributed by atoms with van der Waals surface area (Å²) in [5.41, 5.74) is 0.219. The Morgan fingerprint density at radius 3 is 2.72 bits per heavy atom. The smallest absolute Gasteiger partial charge is 0.337 e. The molecule has 25 heavy (non-hydrogen) atoms. The second kappa shape index (κ2) is 8.80. The average Bonchev–Trinajstić information content (AvgIpc) is 2.62. The van der Waals surface area contributed by atoms with Crippen molar-refractivity contribution in [2.75, 3.05) is 11.1 Å². The Morgan fingerprint density at radius 1 is 1.32 bits per heavy atom. The quantitative estimate of drug-likeness (QED) is 0.578. The van der Waals surface area contributed by atoms with Gasteiger partial charge in [-0.3, -0.25) is 4.79 Å². The van der Waals surface area contributed by atoms with Crippen LogP contribution < -0.4 is 5.32 Å². The van der Waals surface area contributed by atoms with Crippen molar-refractivity contribution in [3.63, 3.8) is 0 Å². The van der Waals surface area contributed by atoms with Gasteiger partial charge in [0.15, 0.2) is 0 Å². The van der Waals surface area contributed by atoms with Crippen LogP contribution in [0.15, 0.2) is 35.6 Å². The molecule has 1 amide bonds. The Labute approximate surface area is 149 Å². The molecule has 7 nitrogen and oxygen atoms in total. The van der Waals surface area contributed by atoms with Gasteiger partial charge in [0.1, 0.15) is 10.7 Å². The van der Waals surface area contributed by atoms with Crippen molar-refractivity contribution in [1.82, 2.24) is 9.97 Å². The minimum absolute atomic E-state index is 0.0838. The summed E-state index contributed by atoms with van der Waals surface area (Å²) >= 11 is 1.57. The molecule has 2 rings (SSSR count). The molecule has 1 aromatic heterocycles. The Kier molecular flexibility index (Phi) is 6.48. The first kappa shape index (κ1) is 18.4. The van der Waals surface area contributed by atoms with Gasteiger partial charge >= 0.3 is 5.97 Å². The first-order chi connectivity index (χ1) is 12.0. The number of nitrogens with one attached hydrogen (secondary N) is 1. The van der Waals surface area contributed by atoms with Crippen molar-refractivity contribution in [2.45, 2.75) is 24.8 Å². The highest BCUT2D eigenvalue weighted by atomic mass is 32.2. The molecule has 0 bridgehead atoms. The van der Waals surface area contributed by atoms with E-state index in [4.69, 9.17) is 5.26 Å². The number of amides is 1. The highest BCUT2D eigenvalue weighted by molar-refractivity contribution is 7.99. The number of aromatic carboxylic acids is 1. The summed E-state index contributed by atoms with van der Waals surface area (Å²) in [6.45, 7) is 2.11. The van der Waals surface area contributed by atoms with E-state index in [1.54, 1.807) is 11.8 Å². The van der Waals surface area contributed by atoms with Gasteiger partial charge in [-0.2, -0.15) is 5.26 Å². The molecule has 0 aliphatic rings. The molecule has 0 aliphatic heterocycles. The number of carboxylic acid groups (broad SMARTS) is 1. The number of carbonyl (C=O) groups excluding carboxylic acids is 1. The fraction of sp³-hybridized carbons (Fsp3) is 0.235. The Balaban J connectivity index is 2.12. The van der Waals surface area contributed by atoms with Crippen LogP contribution in [0.5, 0.6) is 0 Å². The lowest BCUT2D eigenvalue weighted by molar-refractivity contribution is 0.0698. The van der Waals surface area contributed by atoms with Crippen LogP contribution in [0.25, 0.3) is 0 Å². The van der Waals surface area contributed by atoms with Crippen LogP contribution in [0.2, 0.25) is 0 Å². The molecular formula is C17H16N4O3S. The van der Waals surface area contributed by atoms with E-state index in [9.17, 15) is 14.7 Å². The number of hydrogen-bond acceptors (Lipinski definition) is 6. The Morgan fingerprint density at radius 2 is 2.12 bits per heavy atom. The van der Waals surface area contributed by atoms with Crippen LogP contribution in [0.4, 0.5) is 5.69 Å². The number of benzene rings is 1. The fourth-order valence-corrected chi connectivity index (χ4v) is 2.81. The zero-order valence-corrected chi connectivity index (χ0v) is 14.3. The number of rotatable bonds is 7. The summed E-state index contributed by atoms with van der Waals surface area (Å²) in [5.74, 6) is -0.866. The third-order valence-electron chi connectivity index (χ3n) is 3.24. The fourth-order valence-electron chi connectivity index (χ4n) is 1.92. The maximum absolute atomic E-state index is 12.2. The molecule has 0 fully saturated rings. The number of thioether (sulfide) groups is 1. The van der Waals surface area contributed by atoms with Crippen LogP contribution in [0, 0.1) is 11.3 Å². The number of carboxylic acids is 1. The van der Waals surface area contributed by atoms with Crippen LogP contribution in [0.1, 0.15) is 46.2 Å². The molecule has 0 aliphatic carbocycles. The van der Waals surface area contributed by atoms with Crippen molar-refractivity contribution in [3.05, 3.63) is 47.4 Å². The summed E-state index contributed by atoms with van der Waals surface area (Å²) < 4.78 is 0. The highest BCUT2D eigenvalue weighted by Crippen LogP contribution is 2.19. The monoisotopic (exact) mass is 356 g/mol. The molecule has 2 aromatic rings. The largest absolute Gasteiger partial charge is 0.478 e. The number of unbranched alkanes of at least 4 members (excludes halogenated alkanes) is 1. The van der Waals surface area contributed by atoms with Crippen molar-refractivity contribution in [3.8, 4) is 6.07 Å². The van der Waals surface area contributed by atoms with Gasteiger partial charge in [0, 0.05) is 0 Å². The molecule has 128 valence electrons.